The van der Waals surface area contributed by atoms with E-state index in [9.17, 15) is 0 Å². The van der Waals surface area contributed by atoms with Crippen LogP contribution in [0.2, 0.25) is 0 Å². The summed E-state index contributed by atoms with van der Waals surface area (Å²) in [7, 11) is 0. The number of nitrogens with one attached hydrogen (secondary N) is 2. The predicted molar refractivity (Wildman–Crippen MR) is 74.2 cm³/mol. The summed E-state index contributed by atoms with van der Waals surface area (Å²) >= 11 is 5.33. The first-order chi connectivity index (χ1) is 7.84. The largest absolute Gasteiger partial charge is 0.316 e. The molecule has 0 saturated carbocycles. The monoisotopic (exact) mass is 302 g/mol. The van der Waals surface area contributed by atoms with Gasteiger partial charge in [0.1, 0.15) is 0 Å². The SMILES string of the molecule is Brc1ccc(CCNCCC2CCNC2)s1. The topological polar surface area (TPSA) is 24.1 Å². The van der Waals surface area contributed by atoms with Crippen molar-refractivity contribution in [3.63, 3.8) is 0 Å². The quantitative estimate of drug-likeness (QED) is 0.790. The molecule has 90 valence electrons. The smallest absolute Gasteiger partial charge is 0.0701 e. The van der Waals surface area contributed by atoms with Crippen LogP contribution in [-0.4, -0.2) is 26.2 Å². The minimum atomic E-state index is 0.906. The molecule has 1 aliphatic heterocycles. The summed E-state index contributed by atoms with van der Waals surface area (Å²) in [5.74, 6) is 0.906. The second kappa shape index (κ2) is 6.74. The molecular weight excluding hydrogens is 284 g/mol. The van der Waals surface area contributed by atoms with E-state index >= 15 is 0 Å². The summed E-state index contributed by atoms with van der Waals surface area (Å²) in [6.45, 7) is 4.71. The van der Waals surface area contributed by atoms with Gasteiger partial charge in [-0.05, 0) is 79.4 Å². The Balaban J connectivity index is 1.51. The summed E-state index contributed by atoms with van der Waals surface area (Å²) in [6.07, 6.45) is 3.83. The zero-order valence-corrected chi connectivity index (χ0v) is 11.9. The van der Waals surface area contributed by atoms with E-state index in [1.165, 1.54) is 41.1 Å². The highest BCUT2D eigenvalue weighted by Crippen LogP contribution is 2.22. The van der Waals surface area contributed by atoms with Gasteiger partial charge in [-0.2, -0.15) is 0 Å². The van der Waals surface area contributed by atoms with E-state index in [1.54, 1.807) is 0 Å². The second-order valence-corrected chi connectivity index (χ2v) is 6.90. The maximum Gasteiger partial charge on any atom is 0.0701 e. The fourth-order valence-corrected chi connectivity index (χ4v) is 3.57. The Bertz CT molecular complexity index is 308. The van der Waals surface area contributed by atoms with E-state index in [2.05, 4.69) is 38.7 Å². The van der Waals surface area contributed by atoms with Gasteiger partial charge in [-0.3, -0.25) is 0 Å². The second-order valence-electron chi connectivity index (χ2n) is 4.35. The molecule has 1 fully saturated rings. The van der Waals surface area contributed by atoms with Gasteiger partial charge < -0.3 is 10.6 Å². The van der Waals surface area contributed by atoms with Crippen LogP contribution in [0.4, 0.5) is 0 Å². The lowest BCUT2D eigenvalue weighted by atomic mass is 10.1. The highest BCUT2D eigenvalue weighted by Gasteiger charge is 2.12. The molecule has 1 saturated heterocycles. The molecule has 1 unspecified atom stereocenters. The van der Waals surface area contributed by atoms with Crippen molar-refractivity contribution in [3.8, 4) is 0 Å². The lowest BCUT2D eigenvalue weighted by molar-refractivity contribution is 0.502. The van der Waals surface area contributed by atoms with Gasteiger partial charge in [0.05, 0.1) is 3.79 Å². The molecule has 1 aliphatic rings. The van der Waals surface area contributed by atoms with E-state index in [0.717, 1.165) is 18.9 Å². The van der Waals surface area contributed by atoms with Crippen LogP contribution in [0.1, 0.15) is 17.7 Å². The molecular formula is C12H19BrN2S. The maximum atomic E-state index is 3.53. The predicted octanol–water partition coefficient (Wildman–Crippen LogP) is 2.64. The molecule has 1 atom stereocenters. The lowest BCUT2D eigenvalue weighted by Crippen LogP contribution is -2.21. The van der Waals surface area contributed by atoms with Gasteiger partial charge in [-0.1, -0.05) is 0 Å². The van der Waals surface area contributed by atoms with E-state index in [1.807, 2.05) is 11.3 Å². The van der Waals surface area contributed by atoms with Crippen LogP contribution in [0.5, 0.6) is 0 Å². The maximum absolute atomic E-state index is 3.53. The average Bonchev–Trinajstić information content (AvgIpc) is 2.89. The van der Waals surface area contributed by atoms with Crippen molar-refractivity contribution in [3.05, 3.63) is 20.8 Å². The molecule has 1 aromatic heterocycles. The third kappa shape index (κ3) is 4.17. The molecule has 2 rings (SSSR count). The summed E-state index contributed by atoms with van der Waals surface area (Å²) in [4.78, 5) is 1.46. The first-order valence-electron chi connectivity index (χ1n) is 6.00. The van der Waals surface area contributed by atoms with Gasteiger partial charge in [-0.25, -0.2) is 0 Å². The summed E-state index contributed by atoms with van der Waals surface area (Å²) in [5, 5.41) is 6.94. The van der Waals surface area contributed by atoms with E-state index in [0.29, 0.717) is 0 Å². The molecule has 2 heterocycles. The Labute approximate surface area is 110 Å². The third-order valence-corrected chi connectivity index (χ3v) is 4.75. The molecule has 2 nitrogen and oxygen atoms in total. The first-order valence-corrected chi connectivity index (χ1v) is 7.61. The molecule has 0 bridgehead atoms. The molecule has 16 heavy (non-hydrogen) atoms. The molecule has 0 radical (unpaired) electrons. The van der Waals surface area contributed by atoms with Crippen LogP contribution in [0.15, 0.2) is 15.9 Å². The number of hydrogen-bond acceptors (Lipinski definition) is 3. The van der Waals surface area contributed by atoms with Crippen LogP contribution in [0, 0.1) is 5.92 Å². The number of rotatable bonds is 6. The fourth-order valence-electron chi connectivity index (χ4n) is 2.09. The first kappa shape index (κ1) is 12.6. The van der Waals surface area contributed by atoms with Crippen molar-refractivity contribution in [1.29, 1.82) is 0 Å². The summed E-state index contributed by atoms with van der Waals surface area (Å²) in [5.41, 5.74) is 0. The Hall–Kier alpha value is 0.1000. The number of halogens is 1. The van der Waals surface area contributed by atoms with Gasteiger partial charge in [0.2, 0.25) is 0 Å². The zero-order valence-electron chi connectivity index (χ0n) is 9.47. The highest BCUT2D eigenvalue weighted by molar-refractivity contribution is 9.11. The Kier molecular flexibility index (Phi) is 5.29. The van der Waals surface area contributed by atoms with Gasteiger partial charge >= 0.3 is 0 Å². The number of thiophene rings is 1. The Morgan fingerprint density at radius 2 is 2.38 bits per heavy atom. The summed E-state index contributed by atoms with van der Waals surface area (Å²) in [6, 6.07) is 4.33. The Morgan fingerprint density at radius 1 is 1.44 bits per heavy atom. The highest BCUT2D eigenvalue weighted by atomic mass is 79.9. The van der Waals surface area contributed by atoms with Crippen LogP contribution < -0.4 is 10.6 Å². The zero-order chi connectivity index (χ0) is 11.2. The standard InChI is InChI=1S/C12H19BrN2S/c13-12-2-1-11(16-12)5-8-14-6-3-10-4-7-15-9-10/h1-2,10,14-15H,3-9H2. The van der Waals surface area contributed by atoms with E-state index in [4.69, 9.17) is 0 Å². The van der Waals surface area contributed by atoms with Gasteiger partial charge in [0, 0.05) is 4.88 Å². The number of hydrogen-bond donors (Lipinski definition) is 2. The lowest BCUT2D eigenvalue weighted by Gasteiger charge is -2.08. The fraction of sp³-hybridized carbons (Fsp3) is 0.667. The molecule has 0 spiro atoms. The van der Waals surface area contributed by atoms with Gasteiger partial charge in [-0.15, -0.1) is 11.3 Å². The molecule has 0 aromatic carbocycles. The van der Waals surface area contributed by atoms with Crippen molar-refractivity contribution >= 4 is 27.3 Å². The molecule has 1 aromatic rings. The third-order valence-electron chi connectivity index (χ3n) is 3.07. The van der Waals surface area contributed by atoms with E-state index in [-0.39, 0.29) is 0 Å². The molecule has 0 aliphatic carbocycles. The summed E-state index contributed by atoms with van der Waals surface area (Å²) < 4.78 is 1.24. The van der Waals surface area contributed by atoms with Crippen molar-refractivity contribution in [2.75, 3.05) is 26.2 Å². The van der Waals surface area contributed by atoms with Gasteiger partial charge in [0.25, 0.3) is 0 Å². The Morgan fingerprint density at radius 3 is 3.06 bits per heavy atom. The molecule has 2 N–H and O–H groups in total. The average molecular weight is 303 g/mol. The van der Waals surface area contributed by atoms with Gasteiger partial charge in [0.15, 0.2) is 0 Å². The molecule has 0 amide bonds. The van der Waals surface area contributed by atoms with Crippen molar-refractivity contribution in [2.24, 2.45) is 5.92 Å². The normalized spacial score (nSPS) is 20.4. The minimum Gasteiger partial charge on any atom is -0.316 e. The van der Waals surface area contributed by atoms with Crippen LogP contribution in [0.3, 0.4) is 0 Å². The van der Waals surface area contributed by atoms with Crippen LogP contribution >= 0.6 is 27.3 Å². The van der Waals surface area contributed by atoms with Crippen molar-refractivity contribution < 1.29 is 0 Å². The van der Waals surface area contributed by atoms with Crippen LogP contribution in [0.25, 0.3) is 0 Å². The van der Waals surface area contributed by atoms with E-state index < -0.39 is 0 Å². The van der Waals surface area contributed by atoms with Crippen molar-refractivity contribution in [1.82, 2.24) is 10.6 Å². The molecule has 4 heteroatoms. The van der Waals surface area contributed by atoms with Crippen molar-refractivity contribution in [2.45, 2.75) is 19.3 Å². The minimum absolute atomic E-state index is 0.906. The van der Waals surface area contributed by atoms with Crippen LogP contribution in [-0.2, 0) is 6.42 Å².